The minimum absolute atomic E-state index is 0.0726. The number of carbonyl (C=O) groups excluding carboxylic acids is 6. The zero-order chi connectivity index (χ0) is 22.3. The Hall–Kier alpha value is -3.56. The molecular formula is C19H20O10. The molecule has 0 N–H and O–H groups in total. The minimum Gasteiger partial charge on any atom is -0.465 e. The fourth-order valence-corrected chi connectivity index (χ4v) is 2.30. The quantitative estimate of drug-likeness (QED) is 0.268. The van der Waals surface area contributed by atoms with E-state index in [1.165, 1.54) is 6.92 Å². The van der Waals surface area contributed by atoms with E-state index >= 15 is 0 Å². The molecule has 1 aromatic carbocycles. The fraction of sp³-hybridized carbons (Fsp3) is 0.368. The molecule has 10 heteroatoms. The van der Waals surface area contributed by atoms with E-state index in [1.807, 2.05) is 0 Å². The number of hydrogen-bond donors (Lipinski definition) is 0. The topological polar surface area (TPSA) is 139 Å². The summed E-state index contributed by atoms with van der Waals surface area (Å²) in [6, 6.07) is 2.17. The third-order valence-corrected chi connectivity index (χ3v) is 3.28. The van der Waals surface area contributed by atoms with Gasteiger partial charge in [0.25, 0.3) is 0 Å². The summed E-state index contributed by atoms with van der Waals surface area (Å²) >= 11 is 0. The van der Waals surface area contributed by atoms with Crippen LogP contribution in [-0.4, -0.2) is 42.1 Å². The van der Waals surface area contributed by atoms with Gasteiger partial charge in [-0.3, -0.25) is 28.8 Å². The van der Waals surface area contributed by atoms with Crippen LogP contribution in [0.1, 0.15) is 45.0 Å². The monoisotopic (exact) mass is 408 g/mol. The molecule has 0 aliphatic rings. The van der Waals surface area contributed by atoms with Crippen molar-refractivity contribution in [1.29, 1.82) is 0 Å². The van der Waals surface area contributed by atoms with E-state index in [0.717, 1.165) is 39.8 Å². The fourth-order valence-electron chi connectivity index (χ4n) is 2.30. The van der Waals surface area contributed by atoms with Gasteiger partial charge >= 0.3 is 23.9 Å². The van der Waals surface area contributed by atoms with Gasteiger partial charge in [0.15, 0.2) is 29.0 Å². The Morgan fingerprint density at radius 1 is 0.793 bits per heavy atom. The van der Waals surface area contributed by atoms with Crippen molar-refractivity contribution in [3.8, 4) is 17.2 Å². The van der Waals surface area contributed by atoms with Crippen LogP contribution in [0.4, 0.5) is 0 Å². The lowest BCUT2D eigenvalue weighted by Crippen LogP contribution is -2.32. The highest BCUT2D eigenvalue weighted by Crippen LogP contribution is 2.42. The Labute approximate surface area is 166 Å². The third kappa shape index (κ3) is 6.23. The first-order valence-electron chi connectivity index (χ1n) is 8.43. The first kappa shape index (κ1) is 23.5. The molecule has 1 unspecified atom stereocenters. The van der Waals surface area contributed by atoms with Gasteiger partial charge in [-0.25, -0.2) is 0 Å². The Morgan fingerprint density at radius 2 is 1.31 bits per heavy atom. The summed E-state index contributed by atoms with van der Waals surface area (Å²) in [5.41, 5.74) is -0.416. The maximum absolute atomic E-state index is 12.9. The number of carbonyl (C=O) groups is 6. The molecule has 0 aromatic heterocycles. The van der Waals surface area contributed by atoms with Gasteiger partial charge in [0.1, 0.15) is 0 Å². The number of benzene rings is 1. The standard InChI is InChI=1S/C19H20O10/c1-6-26-19(25)15(9(2)20)16(24)13-7-8-14(27-10(3)21)18(29-12(5)23)17(13)28-11(4)22/h7-8,15H,6H2,1-5H3. The molecule has 0 aliphatic carbocycles. The van der Waals surface area contributed by atoms with Crippen molar-refractivity contribution in [2.45, 2.75) is 34.6 Å². The van der Waals surface area contributed by atoms with Crippen molar-refractivity contribution < 1.29 is 47.7 Å². The average molecular weight is 408 g/mol. The van der Waals surface area contributed by atoms with Crippen LogP contribution in [-0.2, 0) is 28.7 Å². The Balaban J connectivity index is 3.70. The molecule has 0 heterocycles. The highest BCUT2D eigenvalue weighted by molar-refractivity contribution is 6.23. The summed E-state index contributed by atoms with van der Waals surface area (Å²) in [5.74, 6) is -8.73. The van der Waals surface area contributed by atoms with Gasteiger partial charge in [0, 0.05) is 20.8 Å². The molecule has 0 saturated carbocycles. The average Bonchev–Trinajstić information content (AvgIpc) is 2.56. The molecular weight excluding hydrogens is 388 g/mol. The molecule has 10 nitrogen and oxygen atoms in total. The van der Waals surface area contributed by atoms with Crippen LogP contribution < -0.4 is 14.2 Å². The molecule has 156 valence electrons. The molecule has 1 atom stereocenters. The predicted octanol–water partition coefficient (Wildman–Crippen LogP) is 1.41. The van der Waals surface area contributed by atoms with Gasteiger partial charge in [-0.1, -0.05) is 0 Å². The van der Waals surface area contributed by atoms with E-state index in [0.29, 0.717) is 0 Å². The van der Waals surface area contributed by atoms with E-state index in [9.17, 15) is 28.8 Å². The lowest BCUT2D eigenvalue weighted by Gasteiger charge is -2.18. The van der Waals surface area contributed by atoms with Crippen LogP contribution in [0.2, 0.25) is 0 Å². The summed E-state index contributed by atoms with van der Waals surface area (Å²) < 4.78 is 19.6. The number of esters is 4. The third-order valence-electron chi connectivity index (χ3n) is 3.28. The smallest absolute Gasteiger partial charge is 0.324 e. The molecule has 1 rings (SSSR count). The summed E-state index contributed by atoms with van der Waals surface area (Å²) in [6.45, 7) is 5.56. The summed E-state index contributed by atoms with van der Waals surface area (Å²) in [5, 5.41) is 0. The largest absolute Gasteiger partial charge is 0.465 e. The van der Waals surface area contributed by atoms with Crippen LogP contribution in [0, 0.1) is 5.92 Å². The molecule has 0 spiro atoms. The van der Waals surface area contributed by atoms with Gasteiger partial charge in [0.05, 0.1) is 12.2 Å². The number of hydrogen-bond acceptors (Lipinski definition) is 10. The molecule has 1 aromatic rings. The van der Waals surface area contributed by atoms with Crippen molar-refractivity contribution >= 4 is 35.4 Å². The Morgan fingerprint density at radius 3 is 1.76 bits per heavy atom. The number of ketones is 2. The van der Waals surface area contributed by atoms with Gasteiger partial charge < -0.3 is 18.9 Å². The molecule has 0 aliphatic heterocycles. The first-order chi connectivity index (χ1) is 13.5. The number of Topliss-reactive ketones (excluding diaryl/α,β-unsaturated/α-hetero) is 2. The van der Waals surface area contributed by atoms with Gasteiger partial charge in [-0.05, 0) is 26.0 Å². The van der Waals surface area contributed by atoms with Crippen molar-refractivity contribution in [3.63, 3.8) is 0 Å². The predicted molar refractivity (Wildman–Crippen MR) is 95.5 cm³/mol. The lowest BCUT2D eigenvalue weighted by molar-refractivity contribution is -0.149. The zero-order valence-corrected chi connectivity index (χ0v) is 16.5. The Bertz CT molecular complexity index is 868. The van der Waals surface area contributed by atoms with Crippen LogP contribution in [0.15, 0.2) is 12.1 Å². The van der Waals surface area contributed by atoms with E-state index < -0.39 is 58.4 Å². The molecule has 0 amide bonds. The van der Waals surface area contributed by atoms with E-state index in [-0.39, 0.29) is 12.4 Å². The Kier molecular flexibility index (Phi) is 8.19. The van der Waals surface area contributed by atoms with Crippen LogP contribution in [0.25, 0.3) is 0 Å². The second kappa shape index (κ2) is 10.1. The number of rotatable bonds is 8. The van der Waals surface area contributed by atoms with Crippen molar-refractivity contribution in [1.82, 2.24) is 0 Å². The van der Waals surface area contributed by atoms with Gasteiger partial charge in [-0.15, -0.1) is 0 Å². The van der Waals surface area contributed by atoms with Gasteiger partial charge in [0.2, 0.25) is 5.75 Å². The SMILES string of the molecule is CCOC(=O)C(C(C)=O)C(=O)c1ccc(OC(C)=O)c(OC(C)=O)c1OC(C)=O. The van der Waals surface area contributed by atoms with Crippen LogP contribution in [0.5, 0.6) is 17.2 Å². The molecule has 0 radical (unpaired) electrons. The van der Waals surface area contributed by atoms with Crippen molar-refractivity contribution in [3.05, 3.63) is 17.7 Å². The summed E-state index contributed by atoms with van der Waals surface area (Å²) in [6.07, 6.45) is 0. The van der Waals surface area contributed by atoms with Crippen LogP contribution in [0.3, 0.4) is 0 Å². The number of ether oxygens (including phenoxy) is 4. The summed E-state index contributed by atoms with van der Waals surface area (Å²) in [4.78, 5) is 71.3. The van der Waals surface area contributed by atoms with E-state index in [4.69, 9.17) is 18.9 Å². The second-order valence-corrected chi connectivity index (χ2v) is 5.71. The minimum atomic E-state index is -1.82. The molecule has 0 bridgehead atoms. The summed E-state index contributed by atoms with van der Waals surface area (Å²) in [7, 11) is 0. The second-order valence-electron chi connectivity index (χ2n) is 5.71. The lowest BCUT2D eigenvalue weighted by atomic mass is 9.93. The van der Waals surface area contributed by atoms with Crippen LogP contribution >= 0.6 is 0 Å². The van der Waals surface area contributed by atoms with E-state index in [2.05, 4.69) is 0 Å². The van der Waals surface area contributed by atoms with Gasteiger partial charge in [-0.2, -0.15) is 0 Å². The molecule has 29 heavy (non-hydrogen) atoms. The molecule has 0 saturated heterocycles. The first-order valence-corrected chi connectivity index (χ1v) is 8.43. The highest BCUT2D eigenvalue weighted by Gasteiger charge is 2.37. The van der Waals surface area contributed by atoms with Crippen molar-refractivity contribution in [2.24, 2.45) is 5.92 Å². The van der Waals surface area contributed by atoms with E-state index in [1.54, 1.807) is 0 Å². The highest BCUT2D eigenvalue weighted by atomic mass is 16.6. The maximum Gasteiger partial charge on any atom is 0.324 e. The molecule has 0 fully saturated rings. The maximum atomic E-state index is 12.9. The van der Waals surface area contributed by atoms with Crippen molar-refractivity contribution in [2.75, 3.05) is 6.61 Å². The normalized spacial score (nSPS) is 11.1. The zero-order valence-electron chi connectivity index (χ0n) is 16.5.